The number of hydrogen-bond donors (Lipinski definition) is 2. The van der Waals surface area contributed by atoms with Crippen LogP contribution in [0.5, 0.6) is 0 Å². The number of nitrogens with zero attached hydrogens (tertiary/aromatic N) is 1. The summed E-state index contributed by atoms with van der Waals surface area (Å²) in [5, 5.41) is 19.1. The highest BCUT2D eigenvalue weighted by Gasteiger charge is 2.56. The van der Waals surface area contributed by atoms with Crippen LogP contribution in [0.15, 0.2) is 30.3 Å². The fraction of sp³-hybridized carbons (Fsp3) is 0.235. The average molecular weight is 348 g/mol. The molecule has 0 saturated carbocycles. The van der Waals surface area contributed by atoms with Gasteiger partial charge < -0.3 is 14.8 Å². The van der Waals surface area contributed by atoms with Gasteiger partial charge in [-0.1, -0.05) is 41.9 Å². The standard InChI is InChI=1S/C17H14ClNO5/c1-9-11(18)14-17(15(21)22,16(23)24)7-8-19(14)12(9)13(20)10-5-3-2-4-6-10/h2-6H,7-8H2,1H3,(H,21,22)(H,23,24). The third-order valence-electron chi connectivity index (χ3n) is 4.53. The molecule has 1 aromatic carbocycles. The van der Waals surface area contributed by atoms with Gasteiger partial charge in [-0.25, -0.2) is 0 Å². The summed E-state index contributed by atoms with van der Waals surface area (Å²) in [6, 6.07) is 8.51. The van der Waals surface area contributed by atoms with Crippen LogP contribution in [0.1, 0.15) is 33.7 Å². The Morgan fingerprint density at radius 2 is 1.71 bits per heavy atom. The van der Waals surface area contributed by atoms with Crippen LogP contribution in [-0.2, 0) is 21.5 Å². The molecule has 124 valence electrons. The Morgan fingerprint density at radius 3 is 2.25 bits per heavy atom. The van der Waals surface area contributed by atoms with Gasteiger partial charge in [-0.2, -0.15) is 0 Å². The molecule has 3 rings (SSSR count). The summed E-state index contributed by atoms with van der Waals surface area (Å²) in [7, 11) is 0. The number of aromatic nitrogens is 1. The molecule has 7 heteroatoms. The Bertz CT molecular complexity index is 855. The van der Waals surface area contributed by atoms with Gasteiger partial charge >= 0.3 is 11.9 Å². The van der Waals surface area contributed by atoms with Crippen LogP contribution in [0.25, 0.3) is 0 Å². The molecule has 6 nitrogen and oxygen atoms in total. The van der Waals surface area contributed by atoms with E-state index in [1.54, 1.807) is 37.3 Å². The van der Waals surface area contributed by atoms with Crippen LogP contribution < -0.4 is 0 Å². The van der Waals surface area contributed by atoms with E-state index in [1.807, 2.05) is 0 Å². The van der Waals surface area contributed by atoms with Crippen molar-refractivity contribution in [2.24, 2.45) is 0 Å². The number of fused-ring (bicyclic) bond motifs is 1. The molecule has 0 saturated heterocycles. The van der Waals surface area contributed by atoms with E-state index in [9.17, 15) is 24.6 Å². The second kappa shape index (κ2) is 5.49. The Hall–Kier alpha value is -2.60. The number of benzene rings is 1. The SMILES string of the molecule is Cc1c(Cl)c2n(c1C(=O)c1ccccc1)CCC2(C(=O)O)C(=O)O. The fourth-order valence-electron chi connectivity index (χ4n) is 3.28. The van der Waals surface area contributed by atoms with Crippen molar-refractivity contribution in [3.8, 4) is 0 Å². The zero-order valence-corrected chi connectivity index (χ0v) is 13.5. The minimum Gasteiger partial charge on any atom is -0.480 e. The lowest BCUT2D eigenvalue weighted by Crippen LogP contribution is -2.42. The molecule has 2 N–H and O–H groups in total. The highest BCUT2D eigenvalue weighted by atomic mass is 35.5. The summed E-state index contributed by atoms with van der Waals surface area (Å²) in [6.45, 7) is 1.70. The van der Waals surface area contributed by atoms with Crippen LogP contribution in [-0.4, -0.2) is 32.5 Å². The van der Waals surface area contributed by atoms with Crippen molar-refractivity contribution in [2.45, 2.75) is 25.3 Å². The molecule has 1 aliphatic rings. The van der Waals surface area contributed by atoms with Gasteiger partial charge in [0.05, 0.1) is 16.4 Å². The van der Waals surface area contributed by atoms with Gasteiger partial charge in [-0.15, -0.1) is 0 Å². The Labute approximate surface area is 142 Å². The monoisotopic (exact) mass is 347 g/mol. The molecule has 0 fully saturated rings. The van der Waals surface area contributed by atoms with Crippen LogP contribution in [0, 0.1) is 6.92 Å². The highest BCUT2D eigenvalue weighted by Crippen LogP contribution is 2.44. The quantitative estimate of drug-likeness (QED) is 0.654. The van der Waals surface area contributed by atoms with Crippen LogP contribution in [0.4, 0.5) is 0 Å². The van der Waals surface area contributed by atoms with Gasteiger partial charge in [0.1, 0.15) is 0 Å². The number of carbonyl (C=O) groups is 3. The van der Waals surface area contributed by atoms with Crippen molar-refractivity contribution in [1.82, 2.24) is 4.57 Å². The van der Waals surface area contributed by atoms with Gasteiger partial charge in [0, 0.05) is 12.1 Å². The smallest absolute Gasteiger partial charge is 0.327 e. The second-order valence-corrected chi connectivity index (χ2v) is 6.13. The number of hydrogen-bond acceptors (Lipinski definition) is 3. The van der Waals surface area contributed by atoms with Crippen molar-refractivity contribution >= 4 is 29.3 Å². The molecule has 0 unspecified atom stereocenters. The Kier molecular flexibility index (Phi) is 3.72. The van der Waals surface area contributed by atoms with Crippen molar-refractivity contribution in [1.29, 1.82) is 0 Å². The maximum atomic E-state index is 12.8. The first-order chi connectivity index (χ1) is 11.3. The summed E-state index contributed by atoms with van der Waals surface area (Å²) < 4.78 is 1.44. The summed E-state index contributed by atoms with van der Waals surface area (Å²) >= 11 is 6.26. The fourth-order valence-corrected chi connectivity index (χ4v) is 3.63. The van der Waals surface area contributed by atoms with E-state index in [-0.39, 0.29) is 35.2 Å². The largest absolute Gasteiger partial charge is 0.480 e. The zero-order valence-electron chi connectivity index (χ0n) is 12.7. The zero-order chi connectivity index (χ0) is 17.6. The number of halogens is 1. The van der Waals surface area contributed by atoms with E-state index in [0.29, 0.717) is 11.1 Å². The molecule has 2 aromatic rings. The third kappa shape index (κ3) is 1.99. The van der Waals surface area contributed by atoms with E-state index < -0.39 is 17.4 Å². The predicted molar refractivity (Wildman–Crippen MR) is 85.6 cm³/mol. The summed E-state index contributed by atoms with van der Waals surface area (Å²) in [5.74, 6) is -3.27. The Morgan fingerprint density at radius 1 is 1.12 bits per heavy atom. The lowest BCUT2D eigenvalue weighted by molar-refractivity contribution is -0.157. The summed E-state index contributed by atoms with van der Waals surface area (Å²) in [5.41, 5.74) is -1.09. The number of carbonyl (C=O) groups excluding carboxylic acids is 1. The number of carboxylic acid groups (broad SMARTS) is 2. The topological polar surface area (TPSA) is 96.6 Å². The van der Waals surface area contributed by atoms with Gasteiger partial charge in [-0.05, 0) is 18.9 Å². The molecule has 0 radical (unpaired) electrons. The van der Waals surface area contributed by atoms with E-state index in [0.717, 1.165) is 0 Å². The molecule has 24 heavy (non-hydrogen) atoms. The lowest BCUT2D eigenvalue weighted by atomic mass is 9.83. The minimum absolute atomic E-state index is 0.0246. The third-order valence-corrected chi connectivity index (χ3v) is 4.99. The van der Waals surface area contributed by atoms with Crippen molar-refractivity contribution in [3.63, 3.8) is 0 Å². The first-order valence-corrected chi connectivity index (χ1v) is 7.65. The van der Waals surface area contributed by atoms with E-state index in [2.05, 4.69) is 0 Å². The molecular weight excluding hydrogens is 334 g/mol. The highest BCUT2D eigenvalue weighted by molar-refractivity contribution is 6.34. The van der Waals surface area contributed by atoms with Crippen LogP contribution in [0.3, 0.4) is 0 Å². The first-order valence-electron chi connectivity index (χ1n) is 7.28. The predicted octanol–water partition coefficient (Wildman–Crippen LogP) is 2.49. The van der Waals surface area contributed by atoms with Gasteiger partial charge in [0.25, 0.3) is 0 Å². The maximum absolute atomic E-state index is 12.8. The average Bonchev–Trinajstić information content (AvgIpc) is 3.06. The van der Waals surface area contributed by atoms with Crippen molar-refractivity contribution in [2.75, 3.05) is 0 Å². The molecule has 0 spiro atoms. The van der Waals surface area contributed by atoms with Gasteiger partial charge in [0.15, 0.2) is 0 Å². The van der Waals surface area contributed by atoms with Gasteiger partial charge in [0.2, 0.25) is 11.2 Å². The van der Waals surface area contributed by atoms with E-state index >= 15 is 0 Å². The minimum atomic E-state index is -2.13. The Balaban J connectivity index is 2.25. The van der Waals surface area contributed by atoms with Crippen molar-refractivity contribution < 1.29 is 24.6 Å². The summed E-state index contributed by atoms with van der Waals surface area (Å²) in [6.07, 6.45) is -0.151. The molecular formula is C17H14ClNO5. The van der Waals surface area contributed by atoms with E-state index in [4.69, 9.17) is 11.6 Å². The number of carboxylic acids is 2. The molecule has 1 aliphatic heterocycles. The van der Waals surface area contributed by atoms with E-state index in [1.165, 1.54) is 4.57 Å². The van der Waals surface area contributed by atoms with Crippen LogP contribution in [0.2, 0.25) is 5.02 Å². The lowest BCUT2D eigenvalue weighted by Gasteiger charge is -2.18. The maximum Gasteiger partial charge on any atom is 0.327 e. The second-order valence-electron chi connectivity index (χ2n) is 5.75. The van der Waals surface area contributed by atoms with Gasteiger partial charge in [-0.3, -0.25) is 14.4 Å². The molecule has 2 heterocycles. The normalized spacial score (nSPS) is 15.1. The number of aliphatic carboxylic acids is 2. The molecule has 0 amide bonds. The summed E-state index contributed by atoms with van der Waals surface area (Å²) in [4.78, 5) is 36.2. The molecule has 0 bridgehead atoms. The first kappa shape index (κ1) is 16.3. The molecule has 0 atom stereocenters. The number of rotatable bonds is 4. The number of ketones is 1. The van der Waals surface area contributed by atoms with Crippen molar-refractivity contribution in [3.05, 3.63) is 57.9 Å². The molecule has 0 aliphatic carbocycles. The molecule has 1 aromatic heterocycles. The van der Waals surface area contributed by atoms with Crippen LogP contribution >= 0.6 is 11.6 Å².